The molecule has 4 fully saturated rings. The third-order valence-electron chi connectivity index (χ3n) is 5.58. The third kappa shape index (κ3) is 1.19. The molecule has 4 aliphatic carbocycles. The molecule has 0 amide bonds. The van der Waals surface area contributed by atoms with E-state index in [4.69, 9.17) is 0 Å². The lowest BCUT2D eigenvalue weighted by molar-refractivity contribution is -0.223. The lowest BCUT2D eigenvalue weighted by Gasteiger charge is -2.63. The maximum absolute atomic E-state index is 11.1. The summed E-state index contributed by atoms with van der Waals surface area (Å²) in [6.07, 6.45) is 6.69. The van der Waals surface area contributed by atoms with E-state index in [0.29, 0.717) is 11.8 Å². The average Bonchev–Trinajstić information content (AvgIpc) is 2.10. The van der Waals surface area contributed by atoms with E-state index in [9.17, 15) is 5.11 Å². The van der Waals surface area contributed by atoms with Gasteiger partial charge in [-0.15, -0.1) is 0 Å². The van der Waals surface area contributed by atoms with Crippen molar-refractivity contribution in [1.82, 2.24) is 0 Å². The number of aliphatic hydroxyl groups is 1. The molecule has 1 N–H and O–H groups in total. The zero-order valence-electron chi connectivity index (χ0n) is 10.3. The van der Waals surface area contributed by atoms with E-state index >= 15 is 0 Å². The molecule has 4 bridgehead atoms. The summed E-state index contributed by atoms with van der Waals surface area (Å²) in [5, 5.41) is 11.1. The number of hydrogen-bond acceptors (Lipinski definition) is 1. The summed E-state index contributed by atoms with van der Waals surface area (Å²) in [5.41, 5.74) is -0.296. The predicted octanol–water partition coefficient (Wildman–Crippen LogP) is 3.22. The molecule has 0 spiro atoms. The standard InChI is InChI=1S/C14H24O/c1-13(2,3)14(15)11-5-9-4-10(7-11)8-12(14)6-9/h9-12,15H,4-8H2,1-3H3. The summed E-state index contributed by atoms with van der Waals surface area (Å²) < 4.78 is 0. The zero-order valence-corrected chi connectivity index (χ0v) is 10.3. The third-order valence-corrected chi connectivity index (χ3v) is 5.58. The fourth-order valence-electron chi connectivity index (χ4n) is 5.13. The van der Waals surface area contributed by atoms with Crippen LogP contribution in [0, 0.1) is 29.1 Å². The highest BCUT2D eigenvalue weighted by Gasteiger charge is 2.60. The Balaban J connectivity index is 1.98. The molecule has 0 aromatic heterocycles. The highest BCUT2D eigenvalue weighted by atomic mass is 16.3. The van der Waals surface area contributed by atoms with Crippen LogP contribution in [0.1, 0.15) is 52.9 Å². The highest BCUT2D eigenvalue weighted by Crippen LogP contribution is 2.62. The summed E-state index contributed by atoms with van der Waals surface area (Å²) in [7, 11) is 0. The Hall–Kier alpha value is -0.0400. The first kappa shape index (κ1) is 10.1. The van der Waals surface area contributed by atoms with Crippen molar-refractivity contribution in [2.24, 2.45) is 29.1 Å². The van der Waals surface area contributed by atoms with E-state index in [1.807, 2.05) is 0 Å². The molecule has 0 saturated heterocycles. The van der Waals surface area contributed by atoms with E-state index in [1.54, 1.807) is 0 Å². The normalized spacial score (nSPS) is 53.6. The molecule has 1 nitrogen and oxygen atoms in total. The quantitative estimate of drug-likeness (QED) is 0.648. The first-order valence-corrected chi connectivity index (χ1v) is 6.63. The second-order valence-corrected chi connectivity index (χ2v) is 7.38. The van der Waals surface area contributed by atoms with Crippen molar-refractivity contribution < 1.29 is 5.11 Å². The zero-order chi connectivity index (χ0) is 10.8. The van der Waals surface area contributed by atoms with E-state index in [2.05, 4.69) is 20.8 Å². The van der Waals surface area contributed by atoms with E-state index < -0.39 is 0 Å². The van der Waals surface area contributed by atoms with Crippen molar-refractivity contribution >= 4 is 0 Å². The summed E-state index contributed by atoms with van der Waals surface area (Å²) in [4.78, 5) is 0. The van der Waals surface area contributed by atoms with Gasteiger partial charge >= 0.3 is 0 Å². The number of rotatable bonds is 0. The molecule has 0 heterocycles. The molecule has 0 radical (unpaired) electrons. The van der Waals surface area contributed by atoms with Gasteiger partial charge in [0.1, 0.15) is 0 Å². The molecule has 0 aromatic carbocycles. The molecule has 4 aliphatic rings. The summed E-state index contributed by atoms with van der Waals surface area (Å²) in [6, 6.07) is 0. The van der Waals surface area contributed by atoms with Gasteiger partial charge in [0.25, 0.3) is 0 Å². The van der Waals surface area contributed by atoms with Crippen LogP contribution >= 0.6 is 0 Å². The largest absolute Gasteiger partial charge is 0.389 e. The molecule has 0 unspecified atom stereocenters. The first-order chi connectivity index (χ1) is 6.91. The summed E-state index contributed by atoms with van der Waals surface area (Å²) >= 11 is 0. The van der Waals surface area contributed by atoms with Crippen molar-refractivity contribution in [3.8, 4) is 0 Å². The molecule has 4 rings (SSSR count). The molecular formula is C14H24O. The average molecular weight is 208 g/mol. The molecule has 0 aliphatic heterocycles. The van der Waals surface area contributed by atoms with Gasteiger partial charge in [-0.3, -0.25) is 0 Å². The van der Waals surface area contributed by atoms with Crippen LogP contribution in [-0.2, 0) is 0 Å². The van der Waals surface area contributed by atoms with E-state index in [1.165, 1.54) is 32.1 Å². The van der Waals surface area contributed by atoms with Crippen LogP contribution in [0.3, 0.4) is 0 Å². The van der Waals surface area contributed by atoms with Gasteiger partial charge in [-0.05, 0) is 61.2 Å². The van der Waals surface area contributed by atoms with Crippen molar-refractivity contribution in [2.75, 3.05) is 0 Å². The SMILES string of the molecule is CC(C)(C)C1(O)C2CC3CC(C2)CC1C3. The minimum Gasteiger partial charge on any atom is -0.389 e. The fraction of sp³-hybridized carbons (Fsp3) is 1.00. The summed E-state index contributed by atoms with van der Waals surface area (Å²) in [6.45, 7) is 6.69. The fourth-order valence-corrected chi connectivity index (χ4v) is 5.13. The minimum atomic E-state index is -0.361. The van der Waals surface area contributed by atoms with Crippen LogP contribution < -0.4 is 0 Å². The van der Waals surface area contributed by atoms with Crippen molar-refractivity contribution in [3.05, 3.63) is 0 Å². The molecule has 4 saturated carbocycles. The minimum absolute atomic E-state index is 0.0651. The Bertz CT molecular complexity index is 246. The number of hydrogen-bond donors (Lipinski definition) is 1. The van der Waals surface area contributed by atoms with Crippen molar-refractivity contribution in [2.45, 2.75) is 58.5 Å². The van der Waals surface area contributed by atoms with Crippen molar-refractivity contribution in [3.63, 3.8) is 0 Å². The van der Waals surface area contributed by atoms with Gasteiger partial charge in [0.05, 0.1) is 5.60 Å². The smallest absolute Gasteiger partial charge is 0.0752 e. The van der Waals surface area contributed by atoms with Gasteiger partial charge in [0.2, 0.25) is 0 Å². The van der Waals surface area contributed by atoms with Crippen LogP contribution in [0.15, 0.2) is 0 Å². The molecule has 86 valence electrons. The predicted molar refractivity (Wildman–Crippen MR) is 61.4 cm³/mol. The van der Waals surface area contributed by atoms with E-state index in [0.717, 1.165) is 11.8 Å². The maximum atomic E-state index is 11.1. The van der Waals surface area contributed by atoms with Gasteiger partial charge < -0.3 is 5.11 Å². The van der Waals surface area contributed by atoms with Crippen LogP contribution in [-0.4, -0.2) is 10.7 Å². The van der Waals surface area contributed by atoms with Gasteiger partial charge in [-0.1, -0.05) is 20.8 Å². The second kappa shape index (κ2) is 2.80. The van der Waals surface area contributed by atoms with Crippen LogP contribution in [0.4, 0.5) is 0 Å². The monoisotopic (exact) mass is 208 g/mol. The Morgan fingerprint density at radius 2 is 1.27 bits per heavy atom. The second-order valence-electron chi connectivity index (χ2n) is 7.38. The van der Waals surface area contributed by atoms with Gasteiger partial charge in [0, 0.05) is 0 Å². The van der Waals surface area contributed by atoms with Gasteiger partial charge in [-0.2, -0.15) is 0 Å². The van der Waals surface area contributed by atoms with Crippen LogP contribution in [0.5, 0.6) is 0 Å². The Kier molecular flexibility index (Phi) is 1.89. The summed E-state index contributed by atoms with van der Waals surface area (Å²) in [5.74, 6) is 3.12. The van der Waals surface area contributed by atoms with E-state index in [-0.39, 0.29) is 11.0 Å². The molecule has 0 aromatic rings. The van der Waals surface area contributed by atoms with Gasteiger partial charge in [-0.25, -0.2) is 0 Å². The van der Waals surface area contributed by atoms with Crippen molar-refractivity contribution in [1.29, 1.82) is 0 Å². The Morgan fingerprint density at radius 3 is 1.60 bits per heavy atom. The first-order valence-electron chi connectivity index (χ1n) is 6.63. The Morgan fingerprint density at radius 1 is 0.867 bits per heavy atom. The maximum Gasteiger partial charge on any atom is 0.0752 e. The Labute approximate surface area is 93.3 Å². The molecule has 15 heavy (non-hydrogen) atoms. The lowest BCUT2D eigenvalue weighted by Crippen LogP contribution is -2.63. The lowest BCUT2D eigenvalue weighted by atomic mass is 9.45. The van der Waals surface area contributed by atoms with Gasteiger partial charge in [0.15, 0.2) is 0 Å². The van der Waals surface area contributed by atoms with Crippen LogP contribution in [0.2, 0.25) is 0 Å². The topological polar surface area (TPSA) is 20.2 Å². The molecule has 1 heteroatoms. The molecular weight excluding hydrogens is 184 g/mol. The van der Waals surface area contributed by atoms with Crippen LogP contribution in [0.25, 0.3) is 0 Å². The highest BCUT2D eigenvalue weighted by molar-refractivity contribution is 5.11. The molecule has 0 atom stereocenters.